The number of carbonyl (C=O) groups excluding carboxylic acids is 1. The first kappa shape index (κ1) is 54.7. The first-order chi connectivity index (χ1) is 35.1. The van der Waals surface area contributed by atoms with Crippen molar-refractivity contribution in [1.29, 1.82) is 0 Å². The summed E-state index contributed by atoms with van der Waals surface area (Å²) in [7, 11) is 0. The second-order valence-corrected chi connectivity index (χ2v) is 18.0. The minimum absolute atomic E-state index is 0.0269. The van der Waals surface area contributed by atoms with E-state index in [0.29, 0.717) is 5.56 Å². The number of fused-ring (bicyclic) bond motifs is 1. The summed E-state index contributed by atoms with van der Waals surface area (Å²) >= 11 is 0. The highest BCUT2D eigenvalue weighted by molar-refractivity contribution is 5.88. The first-order valence-corrected chi connectivity index (χ1v) is 23.1. The summed E-state index contributed by atoms with van der Waals surface area (Å²) < 4.78 is 57.8. The lowest BCUT2D eigenvalue weighted by atomic mass is 9.97. The van der Waals surface area contributed by atoms with Crippen LogP contribution in [0.3, 0.4) is 0 Å². The van der Waals surface area contributed by atoms with Crippen molar-refractivity contribution in [3.05, 3.63) is 82.5 Å². The molecule has 4 saturated heterocycles. The van der Waals surface area contributed by atoms with E-state index in [1.54, 1.807) is 0 Å². The van der Waals surface area contributed by atoms with Crippen LogP contribution in [0, 0.1) is 0 Å². The van der Waals surface area contributed by atoms with Crippen molar-refractivity contribution in [1.82, 2.24) is 0 Å². The average molecular weight is 1050 g/mol. The highest BCUT2D eigenvalue weighted by atomic mass is 16.8. The molecule has 4 aliphatic rings. The maximum atomic E-state index is 14.4. The van der Waals surface area contributed by atoms with Crippen molar-refractivity contribution in [2.45, 2.75) is 137 Å². The molecule has 26 heteroatoms. The van der Waals surface area contributed by atoms with Gasteiger partial charge in [-0.2, -0.15) is 0 Å². The Bertz CT molecular complexity index is 2640. The maximum absolute atomic E-state index is 14.4. The van der Waals surface area contributed by atoms with E-state index in [4.69, 9.17) is 47.0 Å². The second-order valence-electron chi connectivity index (χ2n) is 18.0. The van der Waals surface area contributed by atoms with Crippen LogP contribution in [0.2, 0.25) is 0 Å². The molecule has 20 atom stereocenters. The topological polar surface area (TPSA) is 414 Å². The third-order valence-electron chi connectivity index (χ3n) is 12.9. The Morgan fingerprint density at radius 2 is 1.18 bits per heavy atom. The molecule has 4 fully saturated rings. The second kappa shape index (κ2) is 22.7. The fourth-order valence-corrected chi connectivity index (χ4v) is 8.64. The lowest BCUT2D eigenvalue weighted by Gasteiger charge is -2.46. The van der Waals surface area contributed by atoms with Gasteiger partial charge in [-0.3, -0.25) is 4.79 Å². The molecule has 14 N–H and O–H groups in total. The molecule has 0 bridgehead atoms. The van der Waals surface area contributed by atoms with E-state index in [1.807, 2.05) is 0 Å². The zero-order chi connectivity index (χ0) is 53.4. The van der Waals surface area contributed by atoms with E-state index in [-0.39, 0.29) is 28.4 Å². The molecule has 8 rings (SSSR count). The minimum Gasteiger partial charge on any atom is -0.508 e. The van der Waals surface area contributed by atoms with E-state index in [0.717, 1.165) is 18.2 Å². The van der Waals surface area contributed by atoms with Gasteiger partial charge in [-0.05, 0) is 61.9 Å². The Morgan fingerprint density at radius 1 is 0.608 bits per heavy atom. The summed E-state index contributed by atoms with van der Waals surface area (Å²) in [6.07, 6.45) is -32.3. The maximum Gasteiger partial charge on any atom is 0.331 e. The minimum atomic E-state index is -2.11. The zero-order valence-electron chi connectivity index (χ0n) is 39.0. The van der Waals surface area contributed by atoms with Gasteiger partial charge >= 0.3 is 5.97 Å². The lowest BCUT2D eigenvalue weighted by molar-refractivity contribution is -0.361. The van der Waals surface area contributed by atoms with Crippen LogP contribution in [0.5, 0.6) is 28.7 Å². The van der Waals surface area contributed by atoms with E-state index < -0.39 is 170 Å². The van der Waals surface area contributed by atoms with Crippen LogP contribution in [0.1, 0.15) is 19.4 Å². The van der Waals surface area contributed by atoms with E-state index in [9.17, 15) is 81.1 Å². The summed E-state index contributed by atoms with van der Waals surface area (Å²) in [6, 6.07) is 12.9. The van der Waals surface area contributed by atoms with Gasteiger partial charge in [0, 0.05) is 23.8 Å². The standard InChI is InChI=1S/C48H56O26/c1-17-30(54)34(58)37(61)46(66-17)68-23-13-24(52)29-25(14-23)69-42(20-6-10-22(51)11-7-20)43(33(29)57)73-48-39(63)36(60)32(56)27(71-48)16-65-45-40(64)44(74-47-38(62)35(59)31(55)26(15-49)70-47)41(18(2)67-45)72-28(53)12-5-19-3-8-21(50)9-4-19/h3-14,17-18,26-27,30-32,34-41,44-52,54-56,58-64H,15-16H2,1-2H3. The Morgan fingerprint density at radius 3 is 1.82 bits per heavy atom. The summed E-state index contributed by atoms with van der Waals surface area (Å²) in [5, 5.41) is 148. The number of aliphatic hydroxyl groups excluding tert-OH is 11. The lowest BCUT2D eigenvalue weighted by Crippen LogP contribution is -2.65. The van der Waals surface area contributed by atoms with Gasteiger partial charge in [0.2, 0.25) is 23.8 Å². The number of hydrogen-bond donors (Lipinski definition) is 14. The fourth-order valence-electron chi connectivity index (χ4n) is 8.64. The number of esters is 1. The fraction of sp³-hybridized carbons (Fsp3) is 0.500. The molecule has 4 aliphatic heterocycles. The number of rotatable bonds is 14. The molecule has 404 valence electrons. The van der Waals surface area contributed by atoms with Crippen LogP contribution in [0.4, 0.5) is 0 Å². The quantitative estimate of drug-likeness (QED) is 0.0439. The number of phenols is 3. The third-order valence-corrected chi connectivity index (χ3v) is 12.9. The molecule has 74 heavy (non-hydrogen) atoms. The number of phenolic OH excluding ortho intramolecular Hbond substituents is 3. The number of aromatic hydroxyl groups is 3. The van der Waals surface area contributed by atoms with Crippen molar-refractivity contribution in [2.24, 2.45) is 0 Å². The molecule has 0 saturated carbocycles. The van der Waals surface area contributed by atoms with Gasteiger partial charge in [0.1, 0.15) is 113 Å². The molecule has 1 aromatic heterocycles. The SMILES string of the molecule is CC1OC(Oc2cc(O)c3c(=O)c(OC4OC(COC5OC(C)C(OC(=O)C=Cc6ccc(O)cc6)C(OC6OC(CO)C(O)C(O)C6O)C5O)C(O)C(O)C4O)c(-c4ccc(O)cc4)oc3c2)C(O)C(O)C1O. The highest BCUT2D eigenvalue weighted by Crippen LogP contribution is 2.39. The number of ether oxygens (including phenoxy) is 9. The van der Waals surface area contributed by atoms with E-state index in [1.165, 1.54) is 68.5 Å². The van der Waals surface area contributed by atoms with E-state index in [2.05, 4.69) is 0 Å². The number of hydrogen-bond acceptors (Lipinski definition) is 26. The van der Waals surface area contributed by atoms with Gasteiger partial charge in [0.15, 0.2) is 24.4 Å². The van der Waals surface area contributed by atoms with Crippen molar-refractivity contribution >= 4 is 23.0 Å². The van der Waals surface area contributed by atoms with Crippen molar-refractivity contribution in [3.63, 3.8) is 0 Å². The molecule has 4 aromatic rings. The van der Waals surface area contributed by atoms with Crippen LogP contribution in [-0.2, 0) is 38.0 Å². The predicted octanol–water partition coefficient (Wildman–Crippen LogP) is -3.10. The molecule has 0 aliphatic carbocycles. The Labute approximate surface area is 418 Å². The predicted molar refractivity (Wildman–Crippen MR) is 243 cm³/mol. The van der Waals surface area contributed by atoms with Gasteiger partial charge in [0.05, 0.1) is 25.4 Å². The number of carbonyl (C=O) groups is 1. The molecule has 20 unspecified atom stereocenters. The van der Waals surface area contributed by atoms with Crippen molar-refractivity contribution < 1.29 is 123 Å². The molecule has 5 heterocycles. The Kier molecular flexibility index (Phi) is 16.8. The first-order valence-electron chi connectivity index (χ1n) is 23.1. The van der Waals surface area contributed by atoms with Crippen LogP contribution >= 0.6 is 0 Å². The summed E-state index contributed by atoms with van der Waals surface area (Å²) in [5.41, 5.74) is -0.878. The van der Waals surface area contributed by atoms with Crippen molar-refractivity contribution in [3.8, 4) is 40.1 Å². The molecule has 0 amide bonds. The molecule has 0 spiro atoms. The largest absolute Gasteiger partial charge is 0.508 e. The highest BCUT2D eigenvalue weighted by Gasteiger charge is 2.53. The van der Waals surface area contributed by atoms with Gasteiger partial charge in [-0.15, -0.1) is 0 Å². The van der Waals surface area contributed by atoms with E-state index >= 15 is 0 Å². The van der Waals surface area contributed by atoms with Crippen LogP contribution in [0.25, 0.3) is 28.4 Å². The zero-order valence-corrected chi connectivity index (χ0v) is 39.0. The average Bonchev–Trinajstić information content (AvgIpc) is 3.37. The summed E-state index contributed by atoms with van der Waals surface area (Å²) in [5.74, 6) is -3.35. The van der Waals surface area contributed by atoms with Crippen LogP contribution < -0.4 is 14.9 Å². The third kappa shape index (κ3) is 11.3. The smallest absolute Gasteiger partial charge is 0.331 e. The normalized spacial score (nSPS) is 36.7. The molecule has 3 aromatic carbocycles. The van der Waals surface area contributed by atoms with Crippen LogP contribution in [-0.4, -0.2) is 213 Å². The van der Waals surface area contributed by atoms with Gasteiger partial charge in [-0.1, -0.05) is 12.1 Å². The molecule has 0 radical (unpaired) electrons. The molecular formula is C48H56O26. The monoisotopic (exact) mass is 1050 g/mol. The Hall–Kier alpha value is -5.60. The summed E-state index contributed by atoms with van der Waals surface area (Å²) in [4.78, 5) is 27.5. The molecule has 26 nitrogen and oxygen atoms in total. The molecular weight excluding hydrogens is 993 g/mol. The van der Waals surface area contributed by atoms with Gasteiger partial charge in [-0.25, -0.2) is 4.79 Å². The number of benzene rings is 3. The number of aliphatic hydroxyl groups is 11. The van der Waals surface area contributed by atoms with Gasteiger partial charge in [0.25, 0.3) is 0 Å². The van der Waals surface area contributed by atoms with Crippen LogP contribution in [0.15, 0.2) is 76.0 Å². The Balaban J connectivity index is 1.04. The van der Waals surface area contributed by atoms with Crippen molar-refractivity contribution in [2.75, 3.05) is 13.2 Å². The summed E-state index contributed by atoms with van der Waals surface area (Å²) in [6.45, 7) is 1.15. The van der Waals surface area contributed by atoms with Gasteiger partial charge < -0.3 is 119 Å².